The number of nitrogens with zero attached hydrogens (tertiary/aromatic N) is 3. The molecule has 3 N–H and O–H groups in total. The van der Waals surface area contributed by atoms with Crippen LogP contribution in [-0.2, 0) is 4.79 Å². The number of hydrogen-bond donors (Lipinski definition) is 3. The molecule has 0 spiro atoms. The molecule has 110 valence electrons. The second kappa shape index (κ2) is 5.53. The molecule has 1 saturated heterocycles. The number of piperidine rings is 1. The lowest BCUT2D eigenvalue weighted by atomic mass is 10.0. The third-order valence-corrected chi connectivity index (χ3v) is 3.74. The van der Waals surface area contributed by atoms with Crippen LogP contribution in [-0.4, -0.2) is 56.1 Å². The number of fused-ring (bicyclic) bond motifs is 1. The number of aliphatic hydroxyl groups is 1. The van der Waals surface area contributed by atoms with Crippen molar-refractivity contribution in [2.24, 2.45) is 0 Å². The fourth-order valence-corrected chi connectivity index (χ4v) is 2.57. The number of H-pyrrole nitrogens is 1. The summed E-state index contributed by atoms with van der Waals surface area (Å²) < 4.78 is 0. The molecule has 0 bridgehead atoms. The molecule has 2 atom stereocenters. The second-order valence-electron chi connectivity index (χ2n) is 5.06. The lowest BCUT2D eigenvalue weighted by Crippen LogP contribution is -2.52. The number of aromatic nitrogens is 3. The minimum absolute atomic E-state index is 0.122. The van der Waals surface area contributed by atoms with Gasteiger partial charge in [0.25, 0.3) is 0 Å². The Morgan fingerprint density at radius 3 is 3.24 bits per heavy atom. The van der Waals surface area contributed by atoms with E-state index in [0.29, 0.717) is 25.3 Å². The summed E-state index contributed by atoms with van der Waals surface area (Å²) in [5, 5.41) is 14.2. The van der Waals surface area contributed by atoms with Crippen LogP contribution in [0.2, 0.25) is 0 Å². The topological polar surface area (TPSA) is 94.1 Å². The molecule has 0 aliphatic carbocycles. The third-order valence-electron chi connectivity index (χ3n) is 3.74. The second-order valence-corrected chi connectivity index (χ2v) is 5.06. The largest absolute Gasteiger partial charge is 0.391 e. The number of carbonyl (C=O) groups excluding carboxylic acids is 1. The summed E-state index contributed by atoms with van der Waals surface area (Å²) in [5.41, 5.74) is 0.733. The van der Waals surface area contributed by atoms with Gasteiger partial charge in [-0.2, -0.15) is 0 Å². The van der Waals surface area contributed by atoms with Gasteiger partial charge in [-0.15, -0.1) is 0 Å². The van der Waals surface area contributed by atoms with Gasteiger partial charge in [-0.1, -0.05) is 6.58 Å². The predicted octanol–water partition coefficient (Wildman–Crippen LogP) is 0.518. The van der Waals surface area contributed by atoms with Crippen molar-refractivity contribution in [2.45, 2.75) is 18.6 Å². The maximum Gasteiger partial charge on any atom is 0.246 e. The fraction of sp³-hybridized carbons (Fsp3) is 0.357. The minimum atomic E-state index is -0.525. The van der Waals surface area contributed by atoms with Crippen molar-refractivity contribution in [3.05, 3.63) is 31.2 Å². The number of aliphatic hydroxyl groups excluding tert-OH is 1. The number of amides is 1. The maximum absolute atomic E-state index is 11.7. The van der Waals surface area contributed by atoms with Gasteiger partial charge in [-0.25, -0.2) is 9.97 Å². The molecule has 0 radical (unpaired) electrons. The maximum atomic E-state index is 11.7. The molecule has 1 aliphatic rings. The first kappa shape index (κ1) is 13.6. The Bertz CT molecular complexity index is 668. The Kier molecular flexibility index (Phi) is 3.57. The summed E-state index contributed by atoms with van der Waals surface area (Å²) in [4.78, 5) is 24.7. The lowest BCUT2D eigenvalue weighted by Gasteiger charge is -2.36. The van der Waals surface area contributed by atoms with E-state index in [9.17, 15) is 9.90 Å². The Labute approximate surface area is 121 Å². The van der Waals surface area contributed by atoms with Gasteiger partial charge in [-0.05, 0) is 18.6 Å². The van der Waals surface area contributed by atoms with Crippen molar-refractivity contribution in [3.63, 3.8) is 0 Å². The standard InChI is InChI=1S/C14H17N5O2/c1-2-12(21)19-6-4-11(20)10(7-19)18-14-9-3-5-15-13(9)16-8-17-14/h2-3,5,8,10-11,20H,1,4,6-7H2,(H2,15,16,17,18)/t10-,11-/m0/s1. The molecule has 7 nitrogen and oxygen atoms in total. The first-order chi connectivity index (χ1) is 10.2. The quantitative estimate of drug-likeness (QED) is 0.715. The van der Waals surface area contributed by atoms with Crippen LogP contribution in [0.25, 0.3) is 11.0 Å². The zero-order valence-electron chi connectivity index (χ0n) is 11.5. The Morgan fingerprint density at radius 2 is 2.43 bits per heavy atom. The third kappa shape index (κ3) is 2.59. The zero-order chi connectivity index (χ0) is 14.8. The van der Waals surface area contributed by atoms with E-state index in [4.69, 9.17) is 0 Å². The lowest BCUT2D eigenvalue weighted by molar-refractivity contribution is -0.128. The molecule has 2 aromatic rings. The highest BCUT2D eigenvalue weighted by atomic mass is 16.3. The molecular formula is C14H17N5O2. The van der Waals surface area contributed by atoms with E-state index < -0.39 is 6.10 Å². The number of aromatic amines is 1. The van der Waals surface area contributed by atoms with Gasteiger partial charge in [0.1, 0.15) is 17.8 Å². The van der Waals surface area contributed by atoms with E-state index in [0.717, 1.165) is 11.0 Å². The normalized spacial score (nSPS) is 22.2. The molecule has 1 aliphatic heterocycles. The summed E-state index contributed by atoms with van der Waals surface area (Å²) in [5.74, 6) is 0.529. The Morgan fingerprint density at radius 1 is 1.57 bits per heavy atom. The summed E-state index contributed by atoms with van der Waals surface area (Å²) in [6, 6.07) is 1.61. The van der Waals surface area contributed by atoms with Crippen molar-refractivity contribution < 1.29 is 9.90 Å². The molecule has 7 heteroatoms. The number of rotatable bonds is 3. The molecular weight excluding hydrogens is 270 g/mol. The molecule has 0 saturated carbocycles. The van der Waals surface area contributed by atoms with Crippen molar-refractivity contribution in [2.75, 3.05) is 18.4 Å². The summed E-state index contributed by atoms with van der Waals surface area (Å²) in [6.07, 6.45) is 4.55. The molecule has 1 fully saturated rings. The molecule has 0 aromatic carbocycles. The summed E-state index contributed by atoms with van der Waals surface area (Å²) in [7, 11) is 0. The van der Waals surface area contributed by atoms with Gasteiger partial charge >= 0.3 is 0 Å². The number of anilines is 1. The Balaban J connectivity index is 1.80. The molecule has 2 aromatic heterocycles. The van der Waals surface area contributed by atoms with Crippen LogP contribution < -0.4 is 5.32 Å². The average Bonchev–Trinajstić information content (AvgIpc) is 2.98. The van der Waals surface area contributed by atoms with Crippen LogP contribution >= 0.6 is 0 Å². The number of likely N-dealkylation sites (tertiary alicyclic amines) is 1. The van der Waals surface area contributed by atoms with Gasteiger partial charge < -0.3 is 20.3 Å². The van der Waals surface area contributed by atoms with Gasteiger partial charge in [0.2, 0.25) is 5.91 Å². The van der Waals surface area contributed by atoms with Gasteiger partial charge in [0.05, 0.1) is 17.5 Å². The van der Waals surface area contributed by atoms with E-state index in [1.807, 2.05) is 6.07 Å². The molecule has 0 unspecified atom stereocenters. The van der Waals surface area contributed by atoms with E-state index >= 15 is 0 Å². The number of nitrogens with one attached hydrogen (secondary N) is 2. The van der Waals surface area contributed by atoms with Crippen molar-refractivity contribution in [1.82, 2.24) is 19.9 Å². The fourth-order valence-electron chi connectivity index (χ4n) is 2.57. The first-order valence-electron chi connectivity index (χ1n) is 6.83. The smallest absolute Gasteiger partial charge is 0.246 e. The van der Waals surface area contributed by atoms with Crippen molar-refractivity contribution in [3.8, 4) is 0 Å². The summed E-state index contributed by atoms with van der Waals surface area (Å²) >= 11 is 0. The Hall–Kier alpha value is -2.41. The number of carbonyl (C=O) groups is 1. The zero-order valence-corrected chi connectivity index (χ0v) is 11.5. The van der Waals surface area contributed by atoms with Gasteiger partial charge in [0.15, 0.2) is 0 Å². The van der Waals surface area contributed by atoms with Crippen molar-refractivity contribution >= 4 is 22.8 Å². The molecule has 3 heterocycles. The van der Waals surface area contributed by atoms with Crippen LogP contribution in [0.4, 0.5) is 5.82 Å². The van der Waals surface area contributed by atoms with Crippen LogP contribution in [0.5, 0.6) is 0 Å². The molecule has 3 rings (SSSR count). The van der Waals surface area contributed by atoms with E-state index in [1.54, 1.807) is 11.1 Å². The average molecular weight is 287 g/mol. The number of hydrogen-bond acceptors (Lipinski definition) is 5. The monoisotopic (exact) mass is 287 g/mol. The minimum Gasteiger partial charge on any atom is -0.391 e. The highest BCUT2D eigenvalue weighted by Crippen LogP contribution is 2.21. The van der Waals surface area contributed by atoms with Crippen LogP contribution in [0.3, 0.4) is 0 Å². The van der Waals surface area contributed by atoms with E-state index in [1.165, 1.54) is 12.4 Å². The van der Waals surface area contributed by atoms with Crippen LogP contribution in [0.15, 0.2) is 31.2 Å². The van der Waals surface area contributed by atoms with Gasteiger partial charge in [-0.3, -0.25) is 4.79 Å². The van der Waals surface area contributed by atoms with Crippen molar-refractivity contribution in [1.29, 1.82) is 0 Å². The molecule has 1 amide bonds. The van der Waals surface area contributed by atoms with Gasteiger partial charge in [0, 0.05) is 19.3 Å². The van der Waals surface area contributed by atoms with E-state index in [2.05, 4.69) is 26.8 Å². The molecule has 21 heavy (non-hydrogen) atoms. The summed E-state index contributed by atoms with van der Waals surface area (Å²) in [6.45, 7) is 4.45. The van der Waals surface area contributed by atoms with Crippen LogP contribution in [0.1, 0.15) is 6.42 Å². The SMILES string of the molecule is C=CC(=O)N1CC[C@H](O)[C@@H](Nc2ncnc3[nH]ccc23)C1. The van der Waals surface area contributed by atoms with Crippen LogP contribution in [0, 0.1) is 0 Å². The predicted molar refractivity (Wildman–Crippen MR) is 78.7 cm³/mol. The van der Waals surface area contributed by atoms with E-state index in [-0.39, 0.29) is 11.9 Å². The highest BCUT2D eigenvalue weighted by Gasteiger charge is 2.29. The highest BCUT2D eigenvalue weighted by molar-refractivity contribution is 5.88. The first-order valence-corrected chi connectivity index (χ1v) is 6.83.